The summed E-state index contributed by atoms with van der Waals surface area (Å²) in [7, 11) is 5.70. The average molecular weight is 402 g/mol. The van der Waals surface area contributed by atoms with Crippen LogP contribution in [0.3, 0.4) is 0 Å². The zero-order chi connectivity index (χ0) is 21.5. The van der Waals surface area contributed by atoms with Crippen LogP contribution in [0.25, 0.3) is 17.0 Å². The Morgan fingerprint density at radius 3 is 2.67 bits per heavy atom. The predicted octanol–water partition coefficient (Wildman–Crippen LogP) is 3.50. The zero-order valence-electron chi connectivity index (χ0n) is 17.5. The maximum Gasteiger partial charge on any atom is 0.262 e. The molecule has 0 bridgehead atoms. The Labute approximate surface area is 176 Å². The van der Waals surface area contributed by atoms with Gasteiger partial charge in [0.25, 0.3) is 5.91 Å². The summed E-state index contributed by atoms with van der Waals surface area (Å²) in [5.74, 6) is 0.364. The first-order valence-corrected chi connectivity index (χ1v) is 9.78. The van der Waals surface area contributed by atoms with Crippen LogP contribution in [0.4, 0.5) is 0 Å². The Hall–Kier alpha value is -3.56. The minimum Gasteiger partial charge on any atom is -0.497 e. The molecule has 30 heavy (non-hydrogen) atoms. The van der Waals surface area contributed by atoms with Gasteiger partial charge in [0.15, 0.2) is 0 Å². The van der Waals surface area contributed by atoms with E-state index < -0.39 is 5.91 Å². The average Bonchev–Trinajstić information content (AvgIpc) is 3.17. The third-order valence-electron chi connectivity index (χ3n) is 4.91. The van der Waals surface area contributed by atoms with Crippen LogP contribution in [0.15, 0.2) is 54.2 Å². The van der Waals surface area contributed by atoms with Crippen LogP contribution in [0.2, 0.25) is 0 Å². The number of amides is 1. The molecule has 6 nitrogen and oxygen atoms in total. The van der Waals surface area contributed by atoms with Gasteiger partial charge in [0.1, 0.15) is 17.4 Å². The number of H-pyrrole nitrogens is 1. The highest BCUT2D eigenvalue weighted by atomic mass is 16.5. The highest BCUT2D eigenvalue weighted by Crippen LogP contribution is 2.22. The van der Waals surface area contributed by atoms with Crippen molar-refractivity contribution in [3.63, 3.8) is 0 Å². The molecule has 3 rings (SSSR count). The van der Waals surface area contributed by atoms with Crippen molar-refractivity contribution in [1.29, 1.82) is 5.26 Å². The van der Waals surface area contributed by atoms with Gasteiger partial charge >= 0.3 is 0 Å². The number of fused-ring (bicyclic) bond motifs is 1. The molecule has 2 aromatic carbocycles. The maximum absolute atomic E-state index is 12.5. The van der Waals surface area contributed by atoms with Gasteiger partial charge in [-0.05, 0) is 67.5 Å². The second-order valence-corrected chi connectivity index (χ2v) is 7.37. The molecule has 0 saturated heterocycles. The normalized spacial score (nSPS) is 11.5. The van der Waals surface area contributed by atoms with Crippen LogP contribution in [-0.4, -0.2) is 43.5 Å². The summed E-state index contributed by atoms with van der Waals surface area (Å²) in [6, 6.07) is 15.3. The molecule has 1 amide bonds. The van der Waals surface area contributed by atoms with E-state index in [0.29, 0.717) is 6.54 Å². The van der Waals surface area contributed by atoms with Crippen LogP contribution < -0.4 is 10.1 Å². The Morgan fingerprint density at radius 1 is 1.23 bits per heavy atom. The van der Waals surface area contributed by atoms with Crippen molar-refractivity contribution >= 4 is 22.9 Å². The molecule has 0 radical (unpaired) electrons. The molecule has 0 atom stereocenters. The molecule has 0 aliphatic heterocycles. The molecule has 1 heterocycles. The van der Waals surface area contributed by atoms with Gasteiger partial charge in [-0.2, -0.15) is 5.26 Å². The molecule has 0 spiro atoms. The van der Waals surface area contributed by atoms with E-state index in [-0.39, 0.29) is 5.57 Å². The molecular formula is C24H26N4O2. The van der Waals surface area contributed by atoms with E-state index in [9.17, 15) is 10.1 Å². The second-order valence-electron chi connectivity index (χ2n) is 7.37. The SMILES string of the molecule is COc1ccc(CNC(=O)/C(C#N)=C/c2ccc3[nH]cc(CCN(C)C)c3c2)cc1. The van der Waals surface area contributed by atoms with Crippen molar-refractivity contribution in [1.82, 2.24) is 15.2 Å². The van der Waals surface area contributed by atoms with Gasteiger partial charge < -0.3 is 19.9 Å². The lowest BCUT2D eigenvalue weighted by Crippen LogP contribution is -2.23. The zero-order valence-corrected chi connectivity index (χ0v) is 17.5. The molecule has 3 aromatic rings. The number of hydrogen-bond acceptors (Lipinski definition) is 4. The largest absolute Gasteiger partial charge is 0.497 e. The topological polar surface area (TPSA) is 81.1 Å². The highest BCUT2D eigenvalue weighted by molar-refractivity contribution is 6.02. The van der Waals surface area contributed by atoms with Gasteiger partial charge in [0.2, 0.25) is 0 Å². The van der Waals surface area contributed by atoms with Gasteiger partial charge in [-0.15, -0.1) is 0 Å². The van der Waals surface area contributed by atoms with E-state index in [4.69, 9.17) is 4.74 Å². The number of nitrogens with zero attached hydrogens (tertiary/aromatic N) is 2. The summed E-state index contributed by atoms with van der Waals surface area (Å²) in [4.78, 5) is 17.9. The Balaban J connectivity index is 1.73. The fraction of sp³-hybridized carbons (Fsp3) is 0.250. The smallest absolute Gasteiger partial charge is 0.262 e. The van der Waals surface area contributed by atoms with E-state index in [2.05, 4.69) is 15.2 Å². The molecule has 0 fully saturated rings. The standard InChI is InChI=1S/C24H26N4O2/c1-28(2)11-10-19-16-26-23-9-6-18(13-22(19)23)12-20(14-25)24(29)27-15-17-4-7-21(30-3)8-5-17/h4-9,12-13,16,26H,10-11,15H2,1-3H3,(H,27,29)/b20-12+. The van der Waals surface area contributed by atoms with Gasteiger partial charge in [-0.3, -0.25) is 4.79 Å². The quantitative estimate of drug-likeness (QED) is 0.446. The highest BCUT2D eigenvalue weighted by Gasteiger charge is 2.10. The molecule has 154 valence electrons. The first-order valence-electron chi connectivity index (χ1n) is 9.78. The number of methoxy groups -OCH3 is 1. The summed E-state index contributed by atoms with van der Waals surface area (Å²) >= 11 is 0. The third-order valence-corrected chi connectivity index (χ3v) is 4.91. The number of aromatic amines is 1. The van der Waals surface area contributed by atoms with Crippen molar-refractivity contribution in [3.05, 3.63) is 70.9 Å². The number of hydrogen-bond donors (Lipinski definition) is 2. The number of nitriles is 1. The Morgan fingerprint density at radius 2 is 2.00 bits per heavy atom. The summed E-state index contributed by atoms with van der Waals surface area (Å²) in [5.41, 5.74) is 4.10. The van der Waals surface area contributed by atoms with Crippen LogP contribution >= 0.6 is 0 Å². The van der Waals surface area contributed by atoms with Crippen molar-refractivity contribution < 1.29 is 9.53 Å². The molecular weight excluding hydrogens is 376 g/mol. The molecule has 2 N–H and O–H groups in total. The number of aromatic nitrogens is 1. The van der Waals surface area contributed by atoms with Crippen molar-refractivity contribution in [2.45, 2.75) is 13.0 Å². The van der Waals surface area contributed by atoms with Crippen LogP contribution in [-0.2, 0) is 17.8 Å². The summed E-state index contributed by atoms with van der Waals surface area (Å²) < 4.78 is 5.13. The van der Waals surface area contributed by atoms with Crippen LogP contribution in [0, 0.1) is 11.3 Å². The number of nitrogens with one attached hydrogen (secondary N) is 2. The number of carbonyl (C=O) groups excluding carboxylic acids is 1. The Bertz CT molecular complexity index is 1090. The lowest BCUT2D eigenvalue weighted by atomic mass is 10.0. The Kier molecular flexibility index (Phi) is 6.89. The third kappa shape index (κ3) is 5.28. The summed E-state index contributed by atoms with van der Waals surface area (Å²) in [6.45, 7) is 1.29. The van der Waals surface area contributed by atoms with Gasteiger partial charge in [-0.1, -0.05) is 18.2 Å². The first-order chi connectivity index (χ1) is 14.5. The second kappa shape index (κ2) is 9.77. The van der Waals surface area contributed by atoms with E-state index in [0.717, 1.165) is 40.7 Å². The minimum absolute atomic E-state index is 0.0771. The van der Waals surface area contributed by atoms with Crippen molar-refractivity contribution in [2.24, 2.45) is 0 Å². The molecule has 0 saturated carbocycles. The van der Waals surface area contributed by atoms with E-state index in [1.807, 2.05) is 68.8 Å². The number of ether oxygens (including phenoxy) is 1. The first kappa shape index (κ1) is 21.2. The van der Waals surface area contributed by atoms with Crippen LogP contribution in [0.1, 0.15) is 16.7 Å². The maximum atomic E-state index is 12.5. The number of benzene rings is 2. The fourth-order valence-electron chi connectivity index (χ4n) is 3.17. The lowest BCUT2D eigenvalue weighted by Gasteiger charge is -2.08. The van der Waals surface area contributed by atoms with E-state index in [1.165, 1.54) is 5.56 Å². The van der Waals surface area contributed by atoms with Crippen LogP contribution in [0.5, 0.6) is 5.75 Å². The van der Waals surface area contributed by atoms with Crippen molar-refractivity contribution in [2.75, 3.05) is 27.7 Å². The predicted molar refractivity (Wildman–Crippen MR) is 119 cm³/mol. The van der Waals surface area contributed by atoms with Gasteiger partial charge in [0, 0.05) is 30.2 Å². The number of carbonyl (C=O) groups is 1. The van der Waals surface area contributed by atoms with Crippen molar-refractivity contribution in [3.8, 4) is 11.8 Å². The van der Waals surface area contributed by atoms with Gasteiger partial charge in [-0.25, -0.2) is 0 Å². The van der Waals surface area contributed by atoms with E-state index in [1.54, 1.807) is 13.2 Å². The molecule has 0 aliphatic rings. The summed E-state index contributed by atoms with van der Waals surface area (Å²) in [6.07, 6.45) is 4.58. The summed E-state index contributed by atoms with van der Waals surface area (Å²) in [5, 5.41) is 13.4. The lowest BCUT2D eigenvalue weighted by molar-refractivity contribution is -0.117. The van der Waals surface area contributed by atoms with E-state index >= 15 is 0 Å². The molecule has 6 heteroatoms. The molecule has 0 aliphatic carbocycles. The fourth-order valence-corrected chi connectivity index (χ4v) is 3.17. The minimum atomic E-state index is -0.393. The molecule has 1 aromatic heterocycles. The number of likely N-dealkylation sites (N-methyl/N-ethyl adjacent to an activating group) is 1. The molecule has 0 unspecified atom stereocenters. The monoisotopic (exact) mass is 402 g/mol. The van der Waals surface area contributed by atoms with Gasteiger partial charge in [0.05, 0.1) is 7.11 Å². The number of rotatable bonds is 8.